The average Bonchev–Trinajstić information content (AvgIpc) is 3.04. The van der Waals surface area contributed by atoms with Crippen molar-refractivity contribution < 1.29 is 0 Å². The molecule has 88 valence electrons. The molecule has 1 saturated heterocycles. The van der Waals surface area contributed by atoms with E-state index >= 15 is 0 Å². The van der Waals surface area contributed by atoms with Crippen LogP contribution in [0.4, 0.5) is 0 Å². The molecule has 2 aliphatic rings. The first-order valence-corrected chi connectivity index (χ1v) is 6.78. The first kappa shape index (κ1) is 11.4. The Kier molecular flexibility index (Phi) is 4.04. The zero-order valence-electron chi connectivity index (χ0n) is 10.3. The predicted octanol–water partition coefficient (Wildman–Crippen LogP) is 2.25. The highest BCUT2D eigenvalue weighted by atomic mass is 15.2. The minimum atomic E-state index is 0.788. The third kappa shape index (κ3) is 3.18. The largest absolute Gasteiger partial charge is 0.312 e. The van der Waals surface area contributed by atoms with Crippen LogP contribution in [0.5, 0.6) is 0 Å². The maximum absolute atomic E-state index is 3.73. The van der Waals surface area contributed by atoms with Gasteiger partial charge in [0.25, 0.3) is 0 Å². The fourth-order valence-corrected chi connectivity index (χ4v) is 2.79. The Labute approximate surface area is 94.4 Å². The molecule has 1 N–H and O–H groups in total. The summed E-state index contributed by atoms with van der Waals surface area (Å²) in [6.45, 7) is 8.53. The number of nitrogens with one attached hydrogen (secondary N) is 1. The molecule has 2 heteroatoms. The van der Waals surface area contributed by atoms with Crippen LogP contribution in [0.3, 0.4) is 0 Å². The molecule has 1 aliphatic heterocycles. The van der Waals surface area contributed by atoms with Gasteiger partial charge in [-0.15, -0.1) is 0 Å². The van der Waals surface area contributed by atoms with Crippen molar-refractivity contribution in [3.63, 3.8) is 0 Å². The van der Waals surface area contributed by atoms with Crippen LogP contribution in [-0.2, 0) is 0 Å². The molecule has 0 aromatic carbocycles. The van der Waals surface area contributed by atoms with E-state index < -0.39 is 0 Å². The molecule has 0 amide bonds. The van der Waals surface area contributed by atoms with Crippen molar-refractivity contribution in [2.24, 2.45) is 5.92 Å². The van der Waals surface area contributed by atoms with E-state index in [9.17, 15) is 0 Å². The molecule has 0 radical (unpaired) electrons. The molecule has 2 unspecified atom stereocenters. The highest BCUT2D eigenvalue weighted by Gasteiger charge is 2.33. The van der Waals surface area contributed by atoms with E-state index in [0.29, 0.717) is 0 Å². The molecule has 0 spiro atoms. The molecule has 0 aromatic rings. The van der Waals surface area contributed by atoms with Gasteiger partial charge in [-0.3, -0.25) is 4.90 Å². The van der Waals surface area contributed by atoms with Crippen molar-refractivity contribution in [3.8, 4) is 0 Å². The number of hydrogen-bond donors (Lipinski definition) is 1. The van der Waals surface area contributed by atoms with Crippen LogP contribution in [-0.4, -0.2) is 36.6 Å². The molecular formula is C13H26N2. The summed E-state index contributed by atoms with van der Waals surface area (Å²) in [5.41, 5.74) is 0. The smallest absolute Gasteiger partial charge is 0.0223 e. The highest BCUT2D eigenvalue weighted by Crippen LogP contribution is 2.33. The molecule has 1 saturated carbocycles. The topological polar surface area (TPSA) is 15.3 Å². The van der Waals surface area contributed by atoms with Crippen LogP contribution < -0.4 is 5.32 Å². The SMILES string of the molecule is CCCC(C)N1CCCNC(C2CC2)C1. The number of nitrogens with zero attached hydrogens (tertiary/aromatic N) is 1. The van der Waals surface area contributed by atoms with Gasteiger partial charge in [0, 0.05) is 18.6 Å². The van der Waals surface area contributed by atoms with Crippen molar-refractivity contribution in [1.82, 2.24) is 10.2 Å². The highest BCUT2D eigenvalue weighted by molar-refractivity contribution is 4.90. The quantitative estimate of drug-likeness (QED) is 0.765. The van der Waals surface area contributed by atoms with Crippen molar-refractivity contribution in [2.75, 3.05) is 19.6 Å². The lowest BCUT2D eigenvalue weighted by Crippen LogP contribution is -2.42. The molecule has 15 heavy (non-hydrogen) atoms. The van der Waals surface area contributed by atoms with Gasteiger partial charge in [-0.05, 0) is 51.6 Å². The van der Waals surface area contributed by atoms with Crippen molar-refractivity contribution >= 4 is 0 Å². The summed E-state index contributed by atoms with van der Waals surface area (Å²) >= 11 is 0. The Balaban J connectivity index is 1.86. The summed E-state index contributed by atoms with van der Waals surface area (Å²) < 4.78 is 0. The van der Waals surface area contributed by atoms with E-state index in [1.54, 1.807) is 0 Å². The van der Waals surface area contributed by atoms with E-state index in [1.165, 1.54) is 51.7 Å². The molecule has 2 rings (SSSR count). The van der Waals surface area contributed by atoms with Crippen molar-refractivity contribution in [1.29, 1.82) is 0 Å². The molecule has 0 bridgehead atoms. The Hall–Kier alpha value is -0.0800. The normalized spacial score (nSPS) is 31.2. The van der Waals surface area contributed by atoms with Crippen molar-refractivity contribution in [2.45, 2.75) is 58.0 Å². The second-order valence-corrected chi connectivity index (χ2v) is 5.38. The minimum Gasteiger partial charge on any atom is -0.312 e. The van der Waals surface area contributed by atoms with Gasteiger partial charge in [0.15, 0.2) is 0 Å². The monoisotopic (exact) mass is 210 g/mol. The zero-order chi connectivity index (χ0) is 10.7. The fraction of sp³-hybridized carbons (Fsp3) is 1.00. The minimum absolute atomic E-state index is 0.788. The van der Waals surface area contributed by atoms with Gasteiger partial charge < -0.3 is 5.32 Å². The lowest BCUT2D eigenvalue weighted by Gasteiger charge is -2.30. The third-order valence-corrected chi connectivity index (χ3v) is 3.98. The lowest BCUT2D eigenvalue weighted by molar-refractivity contribution is 0.190. The molecule has 2 fully saturated rings. The van der Waals surface area contributed by atoms with Gasteiger partial charge in [-0.1, -0.05) is 13.3 Å². The van der Waals surface area contributed by atoms with E-state index in [-0.39, 0.29) is 0 Å². The second kappa shape index (κ2) is 5.31. The molecule has 1 heterocycles. The van der Waals surface area contributed by atoms with Gasteiger partial charge in [-0.2, -0.15) is 0 Å². The maximum Gasteiger partial charge on any atom is 0.0223 e. The summed E-state index contributed by atoms with van der Waals surface area (Å²) in [7, 11) is 0. The maximum atomic E-state index is 3.73. The summed E-state index contributed by atoms with van der Waals surface area (Å²) in [6.07, 6.45) is 6.94. The summed E-state index contributed by atoms with van der Waals surface area (Å²) in [4.78, 5) is 2.71. The van der Waals surface area contributed by atoms with Gasteiger partial charge in [0.1, 0.15) is 0 Å². The van der Waals surface area contributed by atoms with Crippen molar-refractivity contribution in [3.05, 3.63) is 0 Å². The second-order valence-electron chi connectivity index (χ2n) is 5.38. The molecule has 1 aliphatic carbocycles. The van der Waals surface area contributed by atoms with Crippen LogP contribution in [0, 0.1) is 5.92 Å². The first-order valence-electron chi connectivity index (χ1n) is 6.78. The zero-order valence-corrected chi connectivity index (χ0v) is 10.3. The Morgan fingerprint density at radius 2 is 2.20 bits per heavy atom. The molecule has 2 nitrogen and oxygen atoms in total. The molecular weight excluding hydrogens is 184 g/mol. The Bertz CT molecular complexity index is 189. The molecule has 2 atom stereocenters. The average molecular weight is 210 g/mol. The lowest BCUT2D eigenvalue weighted by atomic mass is 10.1. The van der Waals surface area contributed by atoms with E-state index in [1.807, 2.05) is 0 Å². The van der Waals surface area contributed by atoms with E-state index in [0.717, 1.165) is 18.0 Å². The van der Waals surface area contributed by atoms with Crippen LogP contribution in [0.15, 0.2) is 0 Å². The Morgan fingerprint density at radius 1 is 1.40 bits per heavy atom. The van der Waals surface area contributed by atoms with E-state index in [2.05, 4.69) is 24.1 Å². The van der Waals surface area contributed by atoms with E-state index in [4.69, 9.17) is 0 Å². The summed E-state index contributed by atoms with van der Waals surface area (Å²) in [5.74, 6) is 0.999. The third-order valence-electron chi connectivity index (χ3n) is 3.98. The number of rotatable bonds is 4. The van der Waals surface area contributed by atoms with Gasteiger partial charge >= 0.3 is 0 Å². The van der Waals surface area contributed by atoms with Crippen LogP contribution in [0.25, 0.3) is 0 Å². The number of hydrogen-bond acceptors (Lipinski definition) is 2. The van der Waals surface area contributed by atoms with Gasteiger partial charge in [-0.25, -0.2) is 0 Å². The van der Waals surface area contributed by atoms with Gasteiger partial charge in [0.2, 0.25) is 0 Å². The fourth-order valence-electron chi connectivity index (χ4n) is 2.79. The standard InChI is InChI=1S/C13H26N2/c1-3-5-11(2)15-9-4-8-14-13(10-15)12-6-7-12/h11-14H,3-10H2,1-2H3. The first-order chi connectivity index (χ1) is 7.31. The summed E-state index contributed by atoms with van der Waals surface area (Å²) in [5, 5.41) is 3.73. The van der Waals surface area contributed by atoms with Gasteiger partial charge in [0.05, 0.1) is 0 Å². The van der Waals surface area contributed by atoms with Crippen LogP contribution in [0.2, 0.25) is 0 Å². The summed E-state index contributed by atoms with van der Waals surface area (Å²) in [6, 6.07) is 1.59. The van der Waals surface area contributed by atoms with Crippen LogP contribution >= 0.6 is 0 Å². The van der Waals surface area contributed by atoms with Crippen LogP contribution in [0.1, 0.15) is 46.0 Å². The molecule has 0 aromatic heterocycles. The Morgan fingerprint density at radius 3 is 2.87 bits per heavy atom. The predicted molar refractivity (Wildman–Crippen MR) is 65.1 cm³/mol.